The molecule has 0 aromatic heterocycles. The maximum atomic E-state index is 12.7. The zero-order valence-corrected chi connectivity index (χ0v) is 37.5. The molecule has 0 fully saturated rings. The van der Waals surface area contributed by atoms with Crippen molar-refractivity contribution in [3.05, 3.63) is 60.8 Å². The standard InChI is InChI=1S/C47H80NO10P/c1-3-5-7-8-9-10-11-12-13-14-15-16-17-18-19-20-21-22-27-31-46(51)55-39-43(40-57-59(53,54)56-38-37-48)58-47(52)32-28-24-23-26-29-41-33-36-45(50)44(41)35-34-42(49)30-25-6-4-2/h9-10,12-13,23,26,33-36,41-44,49H,3-8,11,14-22,24-25,27-32,37-40,48H2,1-2H3,(H,53,54)/b10-9-,13-12-,26-23-,35-34+/t41-,42-,43+,44+/m0/s1. The molecule has 1 aliphatic rings. The number of carbonyl (C=O) groups excluding carboxylic acids is 3. The molecule has 59 heavy (non-hydrogen) atoms. The highest BCUT2D eigenvalue weighted by atomic mass is 31.2. The van der Waals surface area contributed by atoms with Gasteiger partial charge < -0.3 is 25.2 Å². The van der Waals surface area contributed by atoms with Crippen molar-refractivity contribution in [1.82, 2.24) is 0 Å². The first kappa shape index (κ1) is 54.4. The second-order valence-electron chi connectivity index (χ2n) is 15.6. The summed E-state index contributed by atoms with van der Waals surface area (Å²) < 4.78 is 32.8. The van der Waals surface area contributed by atoms with Crippen molar-refractivity contribution in [2.45, 2.75) is 180 Å². The molecule has 12 heteroatoms. The summed E-state index contributed by atoms with van der Waals surface area (Å²) in [5, 5.41) is 10.2. The predicted octanol–water partition coefficient (Wildman–Crippen LogP) is 10.9. The Kier molecular flexibility index (Phi) is 34.2. The molecule has 0 heterocycles. The van der Waals surface area contributed by atoms with Crippen LogP contribution in [0.15, 0.2) is 60.8 Å². The largest absolute Gasteiger partial charge is 0.472 e. The van der Waals surface area contributed by atoms with Gasteiger partial charge in [-0.05, 0) is 76.2 Å². The molecule has 0 aromatic carbocycles. The van der Waals surface area contributed by atoms with Crippen LogP contribution in [-0.2, 0) is 37.5 Å². The van der Waals surface area contributed by atoms with Crippen molar-refractivity contribution in [1.29, 1.82) is 0 Å². The van der Waals surface area contributed by atoms with Crippen LogP contribution in [0.5, 0.6) is 0 Å². The molecule has 0 aliphatic heterocycles. The maximum absolute atomic E-state index is 12.7. The number of aliphatic hydroxyl groups excluding tert-OH is 1. The van der Waals surface area contributed by atoms with Crippen LogP contribution < -0.4 is 5.73 Å². The highest BCUT2D eigenvalue weighted by molar-refractivity contribution is 7.47. The van der Waals surface area contributed by atoms with Gasteiger partial charge in [-0.15, -0.1) is 0 Å². The van der Waals surface area contributed by atoms with Crippen molar-refractivity contribution in [2.24, 2.45) is 17.6 Å². The molecule has 0 saturated carbocycles. The van der Waals surface area contributed by atoms with Crippen LogP contribution in [0.2, 0.25) is 0 Å². The van der Waals surface area contributed by atoms with Gasteiger partial charge in [0.15, 0.2) is 11.9 Å². The van der Waals surface area contributed by atoms with Gasteiger partial charge in [0.25, 0.3) is 0 Å². The Hall–Kier alpha value is -2.66. The van der Waals surface area contributed by atoms with E-state index in [2.05, 4.69) is 38.2 Å². The predicted molar refractivity (Wildman–Crippen MR) is 237 cm³/mol. The third-order valence-electron chi connectivity index (χ3n) is 10.1. The van der Waals surface area contributed by atoms with E-state index in [4.69, 9.17) is 24.3 Å². The first-order valence-electron chi connectivity index (χ1n) is 22.8. The first-order valence-corrected chi connectivity index (χ1v) is 24.3. The Morgan fingerprint density at radius 2 is 1.36 bits per heavy atom. The third-order valence-corrected chi connectivity index (χ3v) is 11.1. The summed E-state index contributed by atoms with van der Waals surface area (Å²) in [6, 6.07) is 0. The van der Waals surface area contributed by atoms with E-state index in [1.54, 1.807) is 12.2 Å². The van der Waals surface area contributed by atoms with E-state index in [-0.39, 0.29) is 50.2 Å². The lowest BCUT2D eigenvalue weighted by atomic mass is 9.90. The summed E-state index contributed by atoms with van der Waals surface area (Å²) in [6.45, 7) is 3.37. The van der Waals surface area contributed by atoms with Gasteiger partial charge in [-0.25, -0.2) is 4.57 Å². The van der Waals surface area contributed by atoms with Crippen LogP contribution in [0, 0.1) is 11.8 Å². The van der Waals surface area contributed by atoms with Gasteiger partial charge >= 0.3 is 19.8 Å². The van der Waals surface area contributed by atoms with Crippen LogP contribution in [0.1, 0.15) is 168 Å². The Morgan fingerprint density at radius 1 is 0.763 bits per heavy atom. The van der Waals surface area contributed by atoms with E-state index >= 15 is 0 Å². The molecule has 11 nitrogen and oxygen atoms in total. The summed E-state index contributed by atoms with van der Waals surface area (Å²) in [5.74, 6) is -1.22. The monoisotopic (exact) mass is 850 g/mol. The minimum absolute atomic E-state index is 0.0169. The van der Waals surface area contributed by atoms with E-state index < -0.39 is 38.6 Å². The van der Waals surface area contributed by atoms with Gasteiger partial charge in [-0.2, -0.15) is 0 Å². The number of allylic oxidation sites excluding steroid dienone is 9. The number of hydrogen-bond acceptors (Lipinski definition) is 10. The molecule has 0 bridgehead atoms. The average Bonchev–Trinajstić information content (AvgIpc) is 3.57. The Balaban J connectivity index is 2.33. The lowest BCUT2D eigenvalue weighted by Gasteiger charge is -2.19. The zero-order valence-electron chi connectivity index (χ0n) is 36.6. The summed E-state index contributed by atoms with van der Waals surface area (Å²) in [5.41, 5.74) is 5.35. The summed E-state index contributed by atoms with van der Waals surface area (Å²) >= 11 is 0. The molecule has 1 unspecified atom stereocenters. The molecular formula is C47H80NO10P. The number of phosphoric acid groups is 1. The normalized spacial score (nSPS) is 17.8. The van der Waals surface area contributed by atoms with Crippen molar-refractivity contribution >= 4 is 25.5 Å². The minimum atomic E-state index is -4.44. The SMILES string of the molecule is CCCCC/C=C\C/C=C\CCCCCCCCCCCC(=O)OC[C@H](COP(=O)(O)OCCN)OC(=O)CCC/C=C\C[C@H]1C=CC(=O)[C@@H]1/C=C/[C@@H](O)CCCCC. The maximum Gasteiger partial charge on any atom is 0.472 e. The fourth-order valence-electron chi connectivity index (χ4n) is 6.60. The molecule has 1 aliphatic carbocycles. The van der Waals surface area contributed by atoms with E-state index in [9.17, 15) is 28.9 Å². The van der Waals surface area contributed by atoms with Crippen LogP contribution in [0.3, 0.4) is 0 Å². The topological polar surface area (TPSA) is 172 Å². The van der Waals surface area contributed by atoms with Gasteiger partial charge in [-0.3, -0.25) is 23.4 Å². The number of rotatable bonds is 39. The van der Waals surface area contributed by atoms with Gasteiger partial charge in [0.2, 0.25) is 0 Å². The van der Waals surface area contributed by atoms with E-state index in [1.165, 1.54) is 57.8 Å². The molecule has 4 N–H and O–H groups in total. The number of aliphatic hydroxyl groups is 1. The lowest BCUT2D eigenvalue weighted by molar-refractivity contribution is -0.161. The molecule has 0 radical (unpaired) electrons. The second kappa shape index (κ2) is 37.1. The number of esters is 2. The van der Waals surface area contributed by atoms with Crippen LogP contribution in [0.25, 0.3) is 0 Å². The minimum Gasteiger partial charge on any atom is -0.462 e. The molecular weight excluding hydrogens is 769 g/mol. The van der Waals surface area contributed by atoms with Gasteiger partial charge in [-0.1, -0.05) is 146 Å². The number of carbonyl (C=O) groups is 3. The van der Waals surface area contributed by atoms with E-state index in [0.717, 1.165) is 51.4 Å². The molecule has 5 atom stereocenters. The summed E-state index contributed by atoms with van der Waals surface area (Å²) in [7, 11) is -4.44. The number of ketones is 1. The summed E-state index contributed by atoms with van der Waals surface area (Å²) in [6.07, 6.45) is 41.6. The van der Waals surface area contributed by atoms with Crippen molar-refractivity contribution in [3.63, 3.8) is 0 Å². The van der Waals surface area contributed by atoms with Crippen molar-refractivity contribution in [2.75, 3.05) is 26.4 Å². The van der Waals surface area contributed by atoms with E-state index in [1.807, 2.05) is 24.3 Å². The van der Waals surface area contributed by atoms with Gasteiger partial charge in [0.1, 0.15) is 6.61 Å². The number of unbranched alkanes of at least 4 members (excludes halogenated alkanes) is 15. The Morgan fingerprint density at radius 3 is 2.03 bits per heavy atom. The smallest absolute Gasteiger partial charge is 0.462 e. The number of phosphoric ester groups is 1. The fraction of sp³-hybridized carbons (Fsp3) is 0.723. The Bertz CT molecular complexity index is 1300. The fourth-order valence-corrected chi connectivity index (χ4v) is 7.36. The van der Waals surface area contributed by atoms with Crippen molar-refractivity contribution < 1.29 is 47.5 Å². The molecule has 0 spiro atoms. The number of nitrogens with two attached hydrogens (primary N) is 1. The number of hydrogen-bond donors (Lipinski definition) is 3. The molecule has 0 aromatic rings. The van der Waals surface area contributed by atoms with Gasteiger partial charge in [0.05, 0.1) is 19.3 Å². The average molecular weight is 850 g/mol. The zero-order chi connectivity index (χ0) is 43.2. The van der Waals surface area contributed by atoms with Crippen molar-refractivity contribution in [3.8, 4) is 0 Å². The number of ether oxygens (including phenoxy) is 2. The second-order valence-corrected chi connectivity index (χ2v) is 17.0. The van der Waals surface area contributed by atoms with Crippen LogP contribution in [0.4, 0.5) is 0 Å². The molecule has 338 valence electrons. The molecule has 0 saturated heterocycles. The first-order chi connectivity index (χ1) is 28.6. The highest BCUT2D eigenvalue weighted by Gasteiger charge is 2.27. The van der Waals surface area contributed by atoms with Crippen LogP contribution in [-0.4, -0.2) is 66.3 Å². The highest BCUT2D eigenvalue weighted by Crippen LogP contribution is 2.43. The van der Waals surface area contributed by atoms with Gasteiger partial charge in [0, 0.05) is 25.3 Å². The quantitative estimate of drug-likeness (QED) is 0.0233. The van der Waals surface area contributed by atoms with Crippen LogP contribution >= 0.6 is 7.82 Å². The third kappa shape index (κ3) is 31.8. The molecule has 1 rings (SSSR count). The Labute approximate surface area is 356 Å². The molecule has 0 amide bonds. The summed E-state index contributed by atoms with van der Waals surface area (Å²) in [4.78, 5) is 47.5. The lowest BCUT2D eigenvalue weighted by Crippen LogP contribution is -2.29. The van der Waals surface area contributed by atoms with E-state index in [0.29, 0.717) is 32.1 Å².